The molecule has 0 fully saturated rings. The lowest BCUT2D eigenvalue weighted by Crippen LogP contribution is -2.06. The summed E-state index contributed by atoms with van der Waals surface area (Å²) in [5, 5.41) is 1.29. The molecule has 0 aliphatic carbocycles. The Morgan fingerprint density at radius 2 is 1.93 bits per heavy atom. The van der Waals surface area contributed by atoms with Crippen molar-refractivity contribution in [2.24, 2.45) is 0 Å². The number of benzene rings is 2. The van der Waals surface area contributed by atoms with Crippen LogP contribution in [0, 0.1) is 6.92 Å². The Bertz CT molecular complexity index is 1150. The van der Waals surface area contributed by atoms with Gasteiger partial charge in [-0.15, -0.1) is 0 Å². The summed E-state index contributed by atoms with van der Waals surface area (Å²) >= 11 is 6.20. The summed E-state index contributed by atoms with van der Waals surface area (Å²) in [6.07, 6.45) is 2.22. The zero-order valence-corrected chi connectivity index (χ0v) is 16.6. The Balaban J connectivity index is 1.33. The largest absolute Gasteiger partial charge is 0.461 e. The monoisotopic (exact) mass is 406 g/mol. The molecule has 29 heavy (non-hydrogen) atoms. The number of carbonyl (C=O) groups excluding carboxylic acids is 1. The Morgan fingerprint density at radius 3 is 2.76 bits per heavy atom. The highest BCUT2D eigenvalue weighted by Gasteiger charge is 2.12. The van der Waals surface area contributed by atoms with E-state index in [0.29, 0.717) is 28.8 Å². The fourth-order valence-corrected chi connectivity index (χ4v) is 3.15. The molecule has 0 unspecified atom stereocenters. The van der Waals surface area contributed by atoms with E-state index in [1.165, 1.54) is 5.56 Å². The minimum Gasteiger partial charge on any atom is -0.461 e. The zero-order valence-electron chi connectivity index (χ0n) is 15.9. The molecule has 146 valence electrons. The Kier molecular flexibility index (Phi) is 5.58. The number of carbonyl (C=O) groups is 1. The standard InChI is InChI=1S/C23H19ClN2O3/c1-15-6-8-16(9-7-15)20-13-25-21(29-20)10-11-22(27)28-14-18-12-17-4-2-3-5-19(17)26-23(18)24/h2-9,12-13H,10-11,14H2,1H3. The number of para-hydroxylation sites is 1. The second-order valence-electron chi connectivity index (χ2n) is 6.78. The maximum absolute atomic E-state index is 12.1. The molecule has 2 heterocycles. The van der Waals surface area contributed by atoms with Crippen molar-refractivity contribution >= 4 is 28.5 Å². The first-order chi connectivity index (χ1) is 14.1. The van der Waals surface area contributed by atoms with E-state index in [0.717, 1.165) is 16.5 Å². The third kappa shape index (κ3) is 4.63. The number of fused-ring (bicyclic) bond motifs is 1. The van der Waals surface area contributed by atoms with Gasteiger partial charge in [-0.1, -0.05) is 59.6 Å². The zero-order chi connectivity index (χ0) is 20.2. The molecule has 2 aromatic heterocycles. The first-order valence-corrected chi connectivity index (χ1v) is 9.68. The maximum Gasteiger partial charge on any atom is 0.306 e. The lowest BCUT2D eigenvalue weighted by molar-refractivity contribution is -0.145. The molecule has 0 N–H and O–H groups in total. The second kappa shape index (κ2) is 8.45. The number of hydrogen-bond donors (Lipinski definition) is 0. The van der Waals surface area contributed by atoms with Gasteiger partial charge in [0.05, 0.1) is 18.1 Å². The Hall–Kier alpha value is -3.18. The topological polar surface area (TPSA) is 65.2 Å². The number of aryl methyl sites for hydroxylation is 2. The second-order valence-corrected chi connectivity index (χ2v) is 7.13. The molecule has 2 aromatic carbocycles. The first kappa shape index (κ1) is 19.2. The van der Waals surface area contributed by atoms with E-state index in [1.807, 2.05) is 61.5 Å². The number of hydrogen-bond acceptors (Lipinski definition) is 5. The number of pyridine rings is 1. The van der Waals surface area contributed by atoms with Crippen LogP contribution in [0.5, 0.6) is 0 Å². The van der Waals surface area contributed by atoms with Crippen LogP contribution in [-0.4, -0.2) is 15.9 Å². The summed E-state index contributed by atoms with van der Waals surface area (Å²) in [7, 11) is 0. The molecule has 0 saturated heterocycles. The van der Waals surface area contributed by atoms with Gasteiger partial charge >= 0.3 is 5.97 Å². The Morgan fingerprint density at radius 1 is 1.14 bits per heavy atom. The van der Waals surface area contributed by atoms with E-state index < -0.39 is 0 Å². The number of rotatable bonds is 6. The molecule has 0 radical (unpaired) electrons. The number of ether oxygens (including phenoxy) is 1. The van der Waals surface area contributed by atoms with Crippen molar-refractivity contribution in [3.63, 3.8) is 0 Å². The molecule has 0 amide bonds. The van der Waals surface area contributed by atoms with Crippen molar-refractivity contribution in [1.82, 2.24) is 9.97 Å². The van der Waals surface area contributed by atoms with Crippen LogP contribution >= 0.6 is 11.6 Å². The predicted octanol–water partition coefficient (Wildman–Crippen LogP) is 5.53. The molecular weight excluding hydrogens is 388 g/mol. The van der Waals surface area contributed by atoms with Gasteiger partial charge in [0, 0.05) is 22.9 Å². The third-order valence-corrected chi connectivity index (χ3v) is 4.90. The van der Waals surface area contributed by atoms with Crippen LogP contribution in [0.2, 0.25) is 5.15 Å². The first-order valence-electron chi connectivity index (χ1n) is 9.30. The highest BCUT2D eigenvalue weighted by atomic mass is 35.5. The summed E-state index contributed by atoms with van der Waals surface area (Å²) in [5.74, 6) is 0.842. The van der Waals surface area contributed by atoms with Crippen molar-refractivity contribution in [3.05, 3.63) is 83.0 Å². The maximum atomic E-state index is 12.1. The number of oxazole rings is 1. The Labute approximate surface area is 173 Å². The average Bonchev–Trinajstić information content (AvgIpc) is 3.20. The molecule has 6 heteroatoms. The van der Waals surface area contributed by atoms with E-state index in [1.54, 1.807) is 6.20 Å². The lowest BCUT2D eigenvalue weighted by Gasteiger charge is -2.07. The summed E-state index contributed by atoms with van der Waals surface area (Å²) in [5.41, 5.74) is 3.62. The van der Waals surface area contributed by atoms with Crippen LogP contribution in [0.25, 0.3) is 22.2 Å². The molecular formula is C23H19ClN2O3. The van der Waals surface area contributed by atoms with Crippen molar-refractivity contribution in [2.75, 3.05) is 0 Å². The highest BCUT2D eigenvalue weighted by molar-refractivity contribution is 6.30. The number of nitrogens with zero attached hydrogens (tertiary/aromatic N) is 2. The van der Waals surface area contributed by atoms with Gasteiger partial charge in [0.15, 0.2) is 11.7 Å². The van der Waals surface area contributed by atoms with Crippen molar-refractivity contribution in [2.45, 2.75) is 26.4 Å². The van der Waals surface area contributed by atoms with Crippen molar-refractivity contribution in [1.29, 1.82) is 0 Å². The predicted molar refractivity (Wildman–Crippen MR) is 112 cm³/mol. The molecule has 4 aromatic rings. The van der Waals surface area contributed by atoms with Gasteiger partial charge < -0.3 is 9.15 Å². The van der Waals surface area contributed by atoms with Crippen LogP contribution in [0.4, 0.5) is 0 Å². The SMILES string of the molecule is Cc1ccc(-c2cnc(CCC(=O)OCc3cc4ccccc4nc3Cl)o2)cc1. The normalized spacial score (nSPS) is 11.0. The van der Waals surface area contributed by atoms with Crippen molar-refractivity contribution < 1.29 is 13.9 Å². The molecule has 0 aliphatic rings. The number of esters is 1. The van der Waals surface area contributed by atoms with Crippen LogP contribution < -0.4 is 0 Å². The fraction of sp³-hybridized carbons (Fsp3) is 0.174. The summed E-state index contributed by atoms with van der Waals surface area (Å²) in [6, 6.07) is 17.5. The van der Waals surface area contributed by atoms with Gasteiger partial charge in [0.2, 0.25) is 0 Å². The third-order valence-electron chi connectivity index (χ3n) is 4.57. The van der Waals surface area contributed by atoms with Gasteiger partial charge in [0.1, 0.15) is 11.8 Å². The van der Waals surface area contributed by atoms with Crippen LogP contribution in [0.15, 0.2) is 65.2 Å². The lowest BCUT2D eigenvalue weighted by atomic mass is 10.1. The molecule has 5 nitrogen and oxygen atoms in total. The molecule has 4 rings (SSSR count). The number of aromatic nitrogens is 2. The molecule has 0 spiro atoms. The molecule has 0 aliphatic heterocycles. The van der Waals surface area contributed by atoms with Gasteiger partial charge in [-0.25, -0.2) is 9.97 Å². The van der Waals surface area contributed by atoms with Gasteiger partial charge in [-0.05, 0) is 19.1 Å². The summed E-state index contributed by atoms with van der Waals surface area (Å²) in [4.78, 5) is 20.7. The minimum atomic E-state index is -0.343. The number of halogens is 1. The highest BCUT2D eigenvalue weighted by Crippen LogP contribution is 2.23. The van der Waals surface area contributed by atoms with Crippen LogP contribution in [0.1, 0.15) is 23.4 Å². The molecule has 0 saturated carbocycles. The average molecular weight is 407 g/mol. The smallest absolute Gasteiger partial charge is 0.306 e. The van der Waals surface area contributed by atoms with Crippen LogP contribution in [-0.2, 0) is 22.6 Å². The molecule has 0 bridgehead atoms. The summed E-state index contributed by atoms with van der Waals surface area (Å²) in [6.45, 7) is 2.11. The van der Waals surface area contributed by atoms with Crippen LogP contribution in [0.3, 0.4) is 0 Å². The van der Waals surface area contributed by atoms with Crippen molar-refractivity contribution in [3.8, 4) is 11.3 Å². The molecule has 0 atom stereocenters. The van der Waals surface area contributed by atoms with Gasteiger partial charge in [-0.2, -0.15) is 0 Å². The minimum absolute atomic E-state index is 0.0791. The fourth-order valence-electron chi connectivity index (χ4n) is 2.95. The quantitative estimate of drug-likeness (QED) is 0.311. The van der Waals surface area contributed by atoms with E-state index in [-0.39, 0.29) is 19.0 Å². The van der Waals surface area contributed by atoms with Gasteiger partial charge in [0.25, 0.3) is 0 Å². The van der Waals surface area contributed by atoms with Gasteiger partial charge in [-0.3, -0.25) is 4.79 Å². The van der Waals surface area contributed by atoms with E-state index in [4.69, 9.17) is 20.8 Å². The van der Waals surface area contributed by atoms with E-state index >= 15 is 0 Å². The van der Waals surface area contributed by atoms with E-state index in [9.17, 15) is 4.79 Å². The summed E-state index contributed by atoms with van der Waals surface area (Å²) < 4.78 is 11.1. The van der Waals surface area contributed by atoms with E-state index in [2.05, 4.69) is 9.97 Å².